The number of fused-ring (bicyclic) bond motifs is 2. The van der Waals surface area contributed by atoms with Crippen LogP contribution in [-0.4, -0.2) is 72.8 Å². The maximum atomic E-state index is 14.7. The van der Waals surface area contributed by atoms with Gasteiger partial charge in [-0.05, 0) is 50.6 Å². The van der Waals surface area contributed by atoms with Crippen molar-refractivity contribution in [1.29, 1.82) is 0 Å². The second-order valence-corrected chi connectivity index (χ2v) is 11.2. The zero-order valence-corrected chi connectivity index (χ0v) is 22.6. The number of ether oxygens (including phenoxy) is 4. The van der Waals surface area contributed by atoms with Gasteiger partial charge in [0.05, 0.1) is 31.6 Å². The number of rotatable bonds is 10. The number of nitrogens with one attached hydrogen (secondary N) is 1. The minimum absolute atomic E-state index is 0.0493. The molecule has 2 saturated heterocycles. The van der Waals surface area contributed by atoms with Gasteiger partial charge in [-0.2, -0.15) is 0 Å². The number of thioether (sulfide) groups is 1. The molecule has 0 amide bonds. The van der Waals surface area contributed by atoms with E-state index in [-0.39, 0.29) is 29.4 Å². The third-order valence-corrected chi connectivity index (χ3v) is 8.24. The van der Waals surface area contributed by atoms with Crippen LogP contribution in [0.3, 0.4) is 0 Å². The quantitative estimate of drug-likeness (QED) is 0.340. The molecule has 2 N–H and O–H groups in total. The molecule has 2 aromatic rings. The largest absolute Gasteiger partial charge is 0.490 e. The molecule has 8 nitrogen and oxygen atoms in total. The van der Waals surface area contributed by atoms with Crippen LogP contribution in [0.4, 0.5) is 15.9 Å². The van der Waals surface area contributed by atoms with Gasteiger partial charge in [0, 0.05) is 41.6 Å². The van der Waals surface area contributed by atoms with Gasteiger partial charge in [-0.1, -0.05) is 6.92 Å². The van der Waals surface area contributed by atoms with Crippen molar-refractivity contribution >= 4 is 23.3 Å². The maximum absolute atomic E-state index is 14.7. The van der Waals surface area contributed by atoms with Crippen molar-refractivity contribution in [2.24, 2.45) is 11.8 Å². The van der Waals surface area contributed by atoms with Crippen molar-refractivity contribution in [3.8, 4) is 11.5 Å². The van der Waals surface area contributed by atoms with Crippen molar-refractivity contribution in [2.75, 3.05) is 45.0 Å². The summed E-state index contributed by atoms with van der Waals surface area (Å²) in [5, 5.41) is 13.8. The molecule has 1 aliphatic carbocycles. The molecule has 3 aliphatic rings. The molecule has 0 spiro atoms. The summed E-state index contributed by atoms with van der Waals surface area (Å²) in [5.74, 6) is 1.19. The number of halogens is 1. The van der Waals surface area contributed by atoms with Crippen LogP contribution in [0, 0.1) is 17.7 Å². The highest BCUT2D eigenvalue weighted by Gasteiger charge is 2.47. The van der Waals surface area contributed by atoms with E-state index in [0.717, 1.165) is 23.3 Å². The van der Waals surface area contributed by atoms with Gasteiger partial charge in [-0.3, -0.25) is 4.90 Å². The maximum Gasteiger partial charge on any atom is 0.216 e. The number of benzene rings is 1. The zero-order valence-electron chi connectivity index (χ0n) is 21.8. The molecule has 1 aromatic heterocycles. The van der Waals surface area contributed by atoms with E-state index in [2.05, 4.69) is 10.3 Å². The number of likely N-dealkylation sites (tertiary alicyclic amines) is 1. The fraction of sp³-hybridized carbons (Fsp3) is 0.593. The Morgan fingerprint density at radius 3 is 2.59 bits per heavy atom. The average molecular weight is 534 g/mol. The monoisotopic (exact) mass is 533 g/mol. The van der Waals surface area contributed by atoms with Crippen LogP contribution in [0.2, 0.25) is 0 Å². The smallest absolute Gasteiger partial charge is 0.216 e. The number of pyridine rings is 1. The van der Waals surface area contributed by atoms with E-state index in [1.807, 2.05) is 31.1 Å². The number of aryl methyl sites for hydroxylation is 1. The normalized spacial score (nSPS) is 25.4. The first-order valence-electron chi connectivity index (χ1n) is 12.8. The van der Waals surface area contributed by atoms with Crippen LogP contribution in [0.15, 0.2) is 29.3 Å². The summed E-state index contributed by atoms with van der Waals surface area (Å²) in [6.45, 7) is 6.35. The van der Waals surface area contributed by atoms with E-state index in [1.54, 1.807) is 19.4 Å². The van der Waals surface area contributed by atoms with Gasteiger partial charge >= 0.3 is 0 Å². The van der Waals surface area contributed by atoms with E-state index in [4.69, 9.17) is 18.9 Å². The molecule has 5 rings (SSSR count). The predicted octanol–water partition coefficient (Wildman–Crippen LogP) is 4.43. The highest BCUT2D eigenvalue weighted by Crippen LogP contribution is 2.43. The van der Waals surface area contributed by atoms with Crippen molar-refractivity contribution in [3.05, 3.63) is 35.8 Å². The summed E-state index contributed by atoms with van der Waals surface area (Å²) in [7, 11) is 1.57. The Kier molecular flexibility index (Phi) is 7.83. The minimum atomic E-state index is -0.929. The lowest BCUT2D eigenvalue weighted by molar-refractivity contribution is -0.250. The number of aliphatic hydroxyl groups is 1. The van der Waals surface area contributed by atoms with E-state index in [1.165, 1.54) is 17.8 Å². The Labute approximate surface area is 221 Å². The molecule has 2 bridgehead atoms. The fourth-order valence-corrected chi connectivity index (χ4v) is 5.52. The van der Waals surface area contributed by atoms with Crippen molar-refractivity contribution in [3.63, 3.8) is 0 Å². The van der Waals surface area contributed by atoms with Gasteiger partial charge in [0.2, 0.25) is 12.2 Å². The topological polar surface area (TPSA) is 85.3 Å². The van der Waals surface area contributed by atoms with Gasteiger partial charge in [0.25, 0.3) is 0 Å². The first kappa shape index (κ1) is 26.5. The summed E-state index contributed by atoms with van der Waals surface area (Å²) in [6.07, 6.45) is 5.26. The zero-order chi connectivity index (χ0) is 26.2. The molecule has 3 heterocycles. The van der Waals surface area contributed by atoms with Crippen LogP contribution in [0.1, 0.15) is 32.3 Å². The molecular formula is C27H36FN3O5S. The number of piperidine rings is 1. The van der Waals surface area contributed by atoms with Crippen LogP contribution < -0.4 is 14.8 Å². The second-order valence-electron chi connectivity index (χ2n) is 10.3. The molecular weight excluding hydrogens is 497 g/mol. The third kappa shape index (κ3) is 5.68. The number of anilines is 2. The summed E-state index contributed by atoms with van der Waals surface area (Å²) < 4.78 is 39.0. The lowest BCUT2D eigenvalue weighted by Gasteiger charge is -2.47. The lowest BCUT2D eigenvalue weighted by atomic mass is 9.84. The van der Waals surface area contributed by atoms with E-state index >= 15 is 0 Å². The van der Waals surface area contributed by atoms with E-state index in [9.17, 15) is 9.50 Å². The molecule has 3 unspecified atom stereocenters. The molecule has 0 radical (unpaired) electrons. The van der Waals surface area contributed by atoms with E-state index < -0.39 is 6.41 Å². The molecule has 2 aliphatic heterocycles. The Morgan fingerprint density at radius 1 is 1.27 bits per heavy atom. The lowest BCUT2D eigenvalue weighted by Crippen LogP contribution is -2.60. The molecule has 3 fully saturated rings. The number of nitrogens with zero attached hydrogens (tertiary/aromatic N) is 2. The number of aliphatic hydroxyl groups excluding tert-OH is 1. The van der Waals surface area contributed by atoms with Gasteiger partial charge in [0.1, 0.15) is 11.9 Å². The molecule has 37 heavy (non-hydrogen) atoms. The highest BCUT2D eigenvalue weighted by atomic mass is 32.2. The van der Waals surface area contributed by atoms with Crippen molar-refractivity contribution in [1.82, 2.24) is 9.88 Å². The predicted molar refractivity (Wildman–Crippen MR) is 140 cm³/mol. The van der Waals surface area contributed by atoms with Crippen LogP contribution >= 0.6 is 11.8 Å². The van der Waals surface area contributed by atoms with Crippen molar-refractivity contribution < 1.29 is 28.4 Å². The number of methoxy groups -OCH3 is 1. The van der Waals surface area contributed by atoms with Gasteiger partial charge in [0.15, 0.2) is 11.6 Å². The molecule has 1 saturated carbocycles. The van der Waals surface area contributed by atoms with Gasteiger partial charge in [-0.15, -0.1) is 11.8 Å². The van der Waals surface area contributed by atoms with Crippen molar-refractivity contribution in [2.45, 2.75) is 56.1 Å². The SMILES string of the molecule is CCc1cnc(Nc2ccc(SC)cc2F)c(OC)c1OC1C2COCC1CN(C(O)OC1(C)CC1)C2. The van der Waals surface area contributed by atoms with Crippen LogP contribution in [0.25, 0.3) is 0 Å². The average Bonchev–Trinajstić information content (AvgIpc) is 3.61. The molecule has 1 aromatic carbocycles. The standard InChI is InChI=1S/C27H36FN3O5S/c1-5-16-11-29-25(30-21-7-6-19(37-4)10-20(21)28)24(33-3)23(16)35-22-17-12-31(13-18(22)15-34-14-17)26(32)36-27(2)8-9-27/h6-7,10-11,17-18,22,26,32H,5,8-9,12-15H2,1-4H3,(H,29,30). The van der Waals surface area contributed by atoms with Gasteiger partial charge in [-0.25, -0.2) is 9.37 Å². The summed E-state index contributed by atoms with van der Waals surface area (Å²) >= 11 is 1.48. The molecule has 3 atom stereocenters. The summed E-state index contributed by atoms with van der Waals surface area (Å²) in [6, 6.07) is 5.05. The first-order chi connectivity index (χ1) is 17.8. The summed E-state index contributed by atoms with van der Waals surface area (Å²) in [4.78, 5) is 7.36. The van der Waals surface area contributed by atoms with E-state index in [0.29, 0.717) is 55.7 Å². The number of hydrogen-bond donors (Lipinski definition) is 2. The van der Waals surface area contributed by atoms with Crippen LogP contribution in [0.5, 0.6) is 11.5 Å². The number of aromatic nitrogens is 1. The highest BCUT2D eigenvalue weighted by molar-refractivity contribution is 7.98. The number of hydrogen-bond acceptors (Lipinski definition) is 9. The van der Waals surface area contributed by atoms with Crippen LogP contribution in [-0.2, 0) is 15.9 Å². The minimum Gasteiger partial charge on any atom is -0.490 e. The molecule has 10 heteroatoms. The third-order valence-electron chi connectivity index (χ3n) is 7.52. The second kappa shape index (κ2) is 10.9. The Bertz CT molecular complexity index is 1100. The summed E-state index contributed by atoms with van der Waals surface area (Å²) in [5.41, 5.74) is 1.01. The molecule has 202 valence electrons. The van der Waals surface area contributed by atoms with Gasteiger partial charge < -0.3 is 29.4 Å². The Balaban J connectivity index is 1.38. The fourth-order valence-electron chi connectivity index (χ4n) is 5.09. The Hall–Kier alpha value is -2.11. The Morgan fingerprint density at radius 2 is 2.00 bits per heavy atom. The first-order valence-corrected chi connectivity index (χ1v) is 14.1.